The Balaban J connectivity index is 2.30. The fourth-order valence-electron chi connectivity index (χ4n) is 0.636. The van der Waals surface area contributed by atoms with Crippen molar-refractivity contribution in [2.75, 3.05) is 0 Å². The molecule has 1 aliphatic rings. The molecule has 1 radical (unpaired) electrons. The third-order valence-corrected chi connectivity index (χ3v) is 1.05. The number of rotatable bonds is 1. The van der Waals surface area contributed by atoms with Gasteiger partial charge < -0.3 is 4.52 Å². The molecule has 5 heteroatoms. The van der Waals surface area contributed by atoms with E-state index in [0.717, 1.165) is 0 Å². The van der Waals surface area contributed by atoms with Gasteiger partial charge in [0.25, 0.3) is 0 Å². The van der Waals surface area contributed by atoms with Crippen molar-refractivity contribution in [1.82, 2.24) is 15.7 Å². The van der Waals surface area contributed by atoms with Gasteiger partial charge in [-0.1, -0.05) is 0 Å². The Hall–Kier alpha value is -1.65. The summed E-state index contributed by atoms with van der Waals surface area (Å²) < 4.78 is 4.50. The van der Waals surface area contributed by atoms with Gasteiger partial charge in [-0.2, -0.15) is 0 Å². The summed E-state index contributed by atoms with van der Waals surface area (Å²) in [5.74, 6) is 0.543. The zero-order chi connectivity index (χ0) is 6.81. The second-order valence-corrected chi connectivity index (χ2v) is 1.67. The molecule has 0 spiro atoms. The SMILES string of the molecule is C1=CN=C(c2conn2)[N]1. The summed E-state index contributed by atoms with van der Waals surface area (Å²) >= 11 is 0. The van der Waals surface area contributed by atoms with Crippen LogP contribution in [0.1, 0.15) is 5.69 Å². The minimum atomic E-state index is 0.543. The monoisotopic (exact) mass is 135 g/mol. The first-order chi connectivity index (χ1) is 4.97. The van der Waals surface area contributed by atoms with Crippen LogP contribution in [0.5, 0.6) is 0 Å². The average Bonchev–Trinajstić information content (AvgIpc) is 2.59. The maximum atomic E-state index is 4.50. The molecule has 1 aliphatic heterocycles. The van der Waals surface area contributed by atoms with Crippen LogP contribution in [0.4, 0.5) is 0 Å². The Labute approximate surface area is 56.4 Å². The molecule has 10 heavy (non-hydrogen) atoms. The van der Waals surface area contributed by atoms with E-state index >= 15 is 0 Å². The molecule has 2 rings (SSSR count). The van der Waals surface area contributed by atoms with Crippen molar-refractivity contribution in [3.63, 3.8) is 0 Å². The van der Waals surface area contributed by atoms with E-state index in [0.29, 0.717) is 11.5 Å². The zero-order valence-corrected chi connectivity index (χ0v) is 4.93. The first kappa shape index (κ1) is 5.16. The molecule has 0 N–H and O–H groups in total. The highest BCUT2D eigenvalue weighted by molar-refractivity contribution is 5.98. The van der Waals surface area contributed by atoms with Crippen molar-refractivity contribution in [2.24, 2.45) is 4.99 Å². The molecule has 1 aromatic heterocycles. The quantitative estimate of drug-likeness (QED) is 0.540. The van der Waals surface area contributed by atoms with Gasteiger partial charge in [0.1, 0.15) is 0 Å². The van der Waals surface area contributed by atoms with Crippen LogP contribution in [-0.2, 0) is 0 Å². The number of amidine groups is 1. The average molecular weight is 135 g/mol. The van der Waals surface area contributed by atoms with E-state index in [9.17, 15) is 0 Å². The summed E-state index contributed by atoms with van der Waals surface area (Å²) in [5, 5.41) is 10.8. The molecule has 0 aromatic carbocycles. The van der Waals surface area contributed by atoms with E-state index in [1.54, 1.807) is 12.4 Å². The molecule has 0 unspecified atom stereocenters. The summed E-state index contributed by atoms with van der Waals surface area (Å²) in [4.78, 5) is 3.89. The smallest absolute Gasteiger partial charge is 0.183 e. The highest BCUT2D eigenvalue weighted by Crippen LogP contribution is 1.98. The first-order valence-corrected chi connectivity index (χ1v) is 2.68. The van der Waals surface area contributed by atoms with E-state index in [-0.39, 0.29) is 0 Å². The summed E-state index contributed by atoms with van der Waals surface area (Å²) in [6.07, 6.45) is 4.57. The molecule has 0 aliphatic carbocycles. The third-order valence-electron chi connectivity index (χ3n) is 1.05. The molecule has 0 bridgehead atoms. The van der Waals surface area contributed by atoms with Crippen molar-refractivity contribution < 1.29 is 4.52 Å². The van der Waals surface area contributed by atoms with E-state index in [4.69, 9.17) is 0 Å². The predicted molar refractivity (Wildman–Crippen MR) is 32.1 cm³/mol. The molecule has 2 heterocycles. The number of aromatic nitrogens is 2. The predicted octanol–water partition coefficient (Wildman–Crippen LogP) is -0.0946. The lowest BCUT2D eigenvalue weighted by molar-refractivity contribution is 0.393. The van der Waals surface area contributed by atoms with Gasteiger partial charge in [-0.15, -0.1) is 5.10 Å². The topological polar surface area (TPSA) is 65.4 Å². The van der Waals surface area contributed by atoms with Gasteiger partial charge in [0, 0.05) is 17.7 Å². The van der Waals surface area contributed by atoms with E-state index < -0.39 is 0 Å². The Kier molecular flexibility index (Phi) is 1.00. The van der Waals surface area contributed by atoms with Crippen molar-refractivity contribution in [3.05, 3.63) is 24.4 Å². The molecule has 0 fully saturated rings. The second kappa shape index (κ2) is 1.94. The van der Waals surface area contributed by atoms with Gasteiger partial charge in [-0.3, -0.25) is 0 Å². The minimum absolute atomic E-state index is 0.543. The molecule has 0 saturated carbocycles. The fraction of sp³-hybridized carbons (Fsp3) is 0. The van der Waals surface area contributed by atoms with Gasteiger partial charge in [0.15, 0.2) is 17.8 Å². The summed E-state index contributed by atoms with van der Waals surface area (Å²) in [6.45, 7) is 0. The molecule has 5 nitrogen and oxygen atoms in total. The molecular weight excluding hydrogens is 132 g/mol. The zero-order valence-electron chi connectivity index (χ0n) is 4.93. The van der Waals surface area contributed by atoms with Crippen molar-refractivity contribution in [3.8, 4) is 0 Å². The Morgan fingerprint density at radius 1 is 1.30 bits per heavy atom. The summed E-state index contributed by atoms with van der Waals surface area (Å²) in [5.41, 5.74) is 0.560. The highest BCUT2D eigenvalue weighted by atomic mass is 16.5. The maximum Gasteiger partial charge on any atom is 0.183 e. The minimum Gasteiger partial charge on any atom is -0.345 e. The summed E-state index contributed by atoms with van der Waals surface area (Å²) in [6, 6.07) is 0. The van der Waals surface area contributed by atoms with Crippen LogP contribution in [0.3, 0.4) is 0 Å². The van der Waals surface area contributed by atoms with Crippen LogP contribution in [0.25, 0.3) is 0 Å². The van der Waals surface area contributed by atoms with Crippen LogP contribution >= 0.6 is 0 Å². The third kappa shape index (κ3) is 0.680. The number of hydrogen-bond acceptors (Lipinski definition) is 4. The number of hydrogen-bond donors (Lipinski definition) is 0. The van der Waals surface area contributed by atoms with Gasteiger partial charge >= 0.3 is 0 Å². The first-order valence-electron chi connectivity index (χ1n) is 2.68. The molecular formula is C5H3N4O. The number of aliphatic imine (C=N–C) groups is 1. The molecule has 1 aromatic rings. The van der Waals surface area contributed by atoms with Gasteiger partial charge in [0.2, 0.25) is 0 Å². The van der Waals surface area contributed by atoms with Crippen molar-refractivity contribution in [2.45, 2.75) is 0 Å². The van der Waals surface area contributed by atoms with Crippen LogP contribution in [0, 0.1) is 0 Å². The Morgan fingerprint density at radius 2 is 2.30 bits per heavy atom. The Morgan fingerprint density at radius 3 is 2.90 bits per heavy atom. The lowest BCUT2D eigenvalue weighted by atomic mass is 10.4. The number of nitrogens with zero attached hydrogens (tertiary/aromatic N) is 4. The summed E-state index contributed by atoms with van der Waals surface area (Å²) in [7, 11) is 0. The van der Waals surface area contributed by atoms with E-state index in [1.807, 2.05) is 0 Å². The van der Waals surface area contributed by atoms with Crippen LogP contribution in [0.2, 0.25) is 0 Å². The van der Waals surface area contributed by atoms with Gasteiger partial charge in [-0.05, 0) is 0 Å². The highest BCUT2D eigenvalue weighted by Gasteiger charge is 2.09. The molecule has 49 valence electrons. The molecule has 0 atom stereocenters. The fourth-order valence-corrected chi connectivity index (χ4v) is 0.636. The molecule has 0 saturated heterocycles. The normalized spacial score (nSPS) is 15.0. The Bertz CT molecular complexity index is 274. The van der Waals surface area contributed by atoms with Crippen LogP contribution in [0.15, 0.2) is 28.2 Å². The lowest BCUT2D eigenvalue weighted by Crippen LogP contribution is -2.07. The maximum absolute atomic E-state index is 4.50. The van der Waals surface area contributed by atoms with E-state index in [1.165, 1.54) is 6.26 Å². The van der Waals surface area contributed by atoms with Gasteiger partial charge in [0.05, 0.1) is 0 Å². The van der Waals surface area contributed by atoms with Crippen molar-refractivity contribution in [1.29, 1.82) is 0 Å². The van der Waals surface area contributed by atoms with Crippen LogP contribution in [-0.4, -0.2) is 16.2 Å². The van der Waals surface area contributed by atoms with Gasteiger partial charge in [-0.25, -0.2) is 10.3 Å². The van der Waals surface area contributed by atoms with Crippen LogP contribution < -0.4 is 5.32 Å². The lowest BCUT2D eigenvalue weighted by Gasteiger charge is -1.86. The molecule has 0 amide bonds. The van der Waals surface area contributed by atoms with E-state index in [2.05, 4.69) is 25.2 Å². The van der Waals surface area contributed by atoms with Crippen molar-refractivity contribution >= 4 is 5.84 Å². The standard InChI is InChI=1S/C5H3N4O/c1-2-7-5(6-1)4-3-10-9-8-4/h1-3H. The second-order valence-electron chi connectivity index (χ2n) is 1.67. The largest absolute Gasteiger partial charge is 0.345 e.